The zero-order valence-electron chi connectivity index (χ0n) is 12.5. The summed E-state index contributed by atoms with van der Waals surface area (Å²) >= 11 is 12.1. The van der Waals surface area contributed by atoms with Crippen LogP contribution in [-0.4, -0.2) is 26.1 Å². The fourth-order valence-corrected chi connectivity index (χ4v) is 2.53. The number of halogens is 2. The van der Waals surface area contributed by atoms with Gasteiger partial charge in [-0.15, -0.1) is 5.10 Å². The van der Waals surface area contributed by atoms with Crippen LogP contribution in [0.3, 0.4) is 0 Å². The van der Waals surface area contributed by atoms with Gasteiger partial charge >= 0.3 is 0 Å². The van der Waals surface area contributed by atoms with E-state index < -0.39 is 0 Å². The maximum Gasteiger partial charge on any atom is 0.249 e. The Balaban J connectivity index is 1.59. The van der Waals surface area contributed by atoms with Crippen LogP contribution < -0.4 is 5.32 Å². The van der Waals surface area contributed by atoms with Gasteiger partial charge in [0, 0.05) is 12.6 Å². The van der Waals surface area contributed by atoms with E-state index in [-0.39, 0.29) is 18.3 Å². The van der Waals surface area contributed by atoms with E-state index in [9.17, 15) is 4.79 Å². The van der Waals surface area contributed by atoms with Crippen molar-refractivity contribution in [1.82, 2.24) is 20.2 Å². The second kappa shape index (κ2) is 7.42. The summed E-state index contributed by atoms with van der Waals surface area (Å²) in [5, 5.41) is 10.3. The van der Waals surface area contributed by atoms with Crippen LogP contribution in [0.5, 0.6) is 0 Å². The Kier molecular flexibility index (Phi) is 5.08. The third kappa shape index (κ3) is 3.90. The molecule has 0 aliphatic rings. The minimum Gasteiger partial charge on any atom is -0.293 e. The second-order valence-corrected chi connectivity index (χ2v) is 5.77. The first-order chi connectivity index (χ1) is 11.6. The van der Waals surface area contributed by atoms with Gasteiger partial charge in [-0.1, -0.05) is 41.4 Å². The van der Waals surface area contributed by atoms with Crippen LogP contribution in [0.25, 0.3) is 11.5 Å². The Bertz CT molecular complexity index is 851. The van der Waals surface area contributed by atoms with Crippen LogP contribution >= 0.6 is 23.2 Å². The average Bonchev–Trinajstić information content (AvgIpc) is 3.05. The number of amides is 1. The lowest BCUT2D eigenvalue weighted by Gasteiger charge is -2.05. The zero-order chi connectivity index (χ0) is 16.9. The smallest absolute Gasteiger partial charge is 0.249 e. The molecule has 0 saturated carbocycles. The molecule has 0 atom stereocenters. The summed E-state index contributed by atoms with van der Waals surface area (Å²) in [4.78, 5) is 20.4. The molecule has 0 unspecified atom stereocenters. The first-order valence-electron chi connectivity index (χ1n) is 7.20. The lowest BCUT2D eigenvalue weighted by atomic mass is 10.1. The molecule has 2 heterocycles. The first-order valence-corrected chi connectivity index (χ1v) is 7.95. The lowest BCUT2D eigenvalue weighted by Crippen LogP contribution is -2.13. The Morgan fingerprint density at radius 2 is 2.04 bits per heavy atom. The molecule has 6 nitrogen and oxygen atoms in total. The van der Waals surface area contributed by atoms with E-state index in [1.807, 2.05) is 18.2 Å². The highest BCUT2D eigenvalue weighted by atomic mass is 35.5. The van der Waals surface area contributed by atoms with E-state index in [1.54, 1.807) is 24.4 Å². The number of nitrogens with zero attached hydrogens (tertiary/aromatic N) is 3. The van der Waals surface area contributed by atoms with Gasteiger partial charge in [0.25, 0.3) is 0 Å². The van der Waals surface area contributed by atoms with Gasteiger partial charge in [-0.3, -0.25) is 20.2 Å². The summed E-state index contributed by atoms with van der Waals surface area (Å²) in [6.07, 6.45) is 2.38. The summed E-state index contributed by atoms with van der Waals surface area (Å²) in [5.74, 6) is 0.485. The number of aromatic amines is 1. The van der Waals surface area contributed by atoms with E-state index in [0.29, 0.717) is 28.0 Å². The maximum absolute atomic E-state index is 12.0. The second-order valence-electron chi connectivity index (χ2n) is 4.98. The van der Waals surface area contributed by atoms with Crippen molar-refractivity contribution in [1.29, 1.82) is 0 Å². The highest BCUT2D eigenvalue weighted by molar-refractivity contribution is 6.42. The molecular weight excluding hydrogens is 349 g/mol. The molecule has 2 aromatic heterocycles. The SMILES string of the molecule is O=C(CCc1cccc(Cl)c1Cl)Nc1n[nH]c(-c2ccccn2)n1. The minimum atomic E-state index is -0.211. The van der Waals surface area contributed by atoms with Gasteiger partial charge in [-0.25, -0.2) is 0 Å². The molecule has 1 aromatic carbocycles. The summed E-state index contributed by atoms with van der Waals surface area (Å²) in [7, 11) is 0. The highest BCUT2D eigenvalue weighted by Gasteiger charge is 2.11. The van der Waals surface area contributed by atoms with Crippen LogP contribution in [0.1, 0.15) is 12.0 Å². The van der Waals surface area contributed by atoms with Gasteiger partial charge in [0.2, 0.25) is 11.9 Å². The number of benzene rings is 1. The Hall–Kier alpha value is -2.44. The van der Waals surface area contributed by atoms with Crippen molar-refractivity contribution < 1.29 is 4.79 Å². The molecule has 2 N–H and O–H groups in total. The van der Waals surface area contributed by atoms with Crippen LogP contribution in [0.15, 0.2) is 42.6 Å². The molecule has 122 valence electrons. The quantitative estimate of drug-likeness (QED) is 0.724. The van der Waals surface area contributed by atoms with Crippen molar-refractivity contribution >= 4 is 35.1 Å². The highest BCUT2D eigenvalue weighted by Crippen LogP contribution is 2.26. The Morgan fingerprint density at radius 1 is 1.17 bits per heavy atom. The van der Waals surface area contributed by atoms with Gasteiger partial charge in [-0.2, -0.15) is 4.98 Å². The number of pyridine rings is 1. The normalized spacial score (nSPS) is 10.6. The van der Waals surface area contributed by atoms with E-state index in [4.69, 9.17) is 23.2 Å². The topological polar surface area (TPSA) is 83.6 Å². The van der Waals surface area contributed by atoms with Crippen molar-refractivity contribution in [3.8, 4) is 11.5 Å². The molecular formula is C16H13Cl2N5O. The number of H-pyrrole nitrogens is 1. The predicted molar refractivity (Wildman–Crippen MR) is 93.0 cm³/mol. The summed E-state index contributed by atoms with van der Waals surface area (Å²) in [6.45, 7) is 0. The number of rotatable bonds is 5. The number of carbonyl (C=O) groups is 1. The number of hydrogen-bond donors (Lipinski definition) is 2. The van der Waals surface area contributed by atoms with Crippen LogP contribution in [0.2, 0.25) is 10.0 Å². The third-order valence-electron chi connectivity index (χ3n) is 3.30. The molecule has 3 rings (SSSR count). The molecule has 0 aliphatic heterocycles. The van der Waals surface area contributed by atoms with Crippen molar-refractivity contribution in [3.63, 3.8) is 0 Å². The largest absolute Gasteiger partial charge is 0.293 e. The van der Waals surface area contributed by atoms with Gasteiger partial charge in [0.05, 0.1) is 10.0 Å². The number of nitrogens with one attached hydrogen (secondary N) is 2. The summed E-state index contributed by atoms with van der Waals surface area (Å²) in [6, 6.07) is 10.8. The Labute approximate surface area is 148 Å². The Morgan fingerprint density at radius 3 is 2.83 bits per heavy atom. The van der Waals surface area contributed by atoms with E-state index in [1.165, 1.54) is 0 Å². The summed E-state index contributed by atoms with van der Waals surface area (Å²) < 4.78 is 0. The fourth-order valence-electron chi connectivity index (χ4n) is 2.11. The monoisotopic (exact) mass is 361 g/mol. The molecule has 8 heteroatoms. The van der Waals surface area contributed by atoms with Gasteiger partial charge in [-0.05, 0) is 30.2 Å². The molecule has 24 heavy (non-hydrogen) atoms. The molecule has 0 radical (unpaired) electrons. The molecule has 3 aromatic rings. The summed E-state index contributed by atoms with van der Waals surface area (Å²) in [5.41, 5.74) is 1.47. The van der Waals surface area contributed by atoms with Crippen molar-refractivity contribution in [2.24, 2.45) is 0 Å². The molecule has 0 bridgehead atoms. The number of hydrogen-bond acceptors (Lipinski definition) is 4. The van der Waals surface area contributed by atoms with Crippen LogP contribution in [0, 0.1) is 0 Å². The molecule has 0 fully saturated rings. The number of carbonyl (C=O) groups excluding carboxylic acids is 1. The lowest BCUT2D eigenvalue weighted by molar-refractivity contribution is -0.116. The fraction of sp³-hybridized carbons (Fsp3) is 0.125. The molecule has 0 spiro atoms. The van der Waals surface area contributed by atoms with E-state index in [2.05, 4.69) is 25.5 Å². The standard InChI is InChI=1S/C16H13Cl2N5O/c17-11-5-3-4-10(14(11)18)7-8-13(24)20-16-21-15(22-23-16)12-6-1-2-9-19-12/h1-6,9H,7-8H2,(H2,20,21,22,23,24). The number of anilines is 1. The average molecular weight is 362 g/mol. The van der Waals surface area contributed by atoms with Crippen LogP contribution in [-0.2, 0) is 11.2 Å². The van der Waals surface area contributed by atoms with E-state index in [0.717, 1.165) is 5.56 Å². The van der Waals surface area contributed by atoms with Gasteiger partial charge < -0.3 is 0 Å². The van der Waals surface area contributed by atoms with Crippen molar-refractivity contribution in [3.05, 3.63) is 58.2 Å². The van der Waals surface area contributed by atoms with Crippen molar-refractivity contribution in [2.45, 2.75) is 12.8 Å². The molecule has 1 amide bonds. The zero-order valence-corrected chi connectivity index (χ0v) is 14.0. The third-order valence-corrected chi connectivity index (χ3v) is 4.16. The van der Waals surface area contributed by atoms with Crippen molar-refractivity contribution in [2.75, 3.05) is 5.32 Å². The maximum atomic E-state index is 12.0. The van der Waals surface area contributed by atoms with E-state index >= 15 is 0 Å². The van der Waals surface area contributed by atoms with Crippen LogP contribution in [0.4, 0.5) is 5.95 Å². The molecule has 0 aliphatic carbocycles. The van der Waals surface area contributed by atoms with Gasteiger partial charge in [0.15, 0.2) is 5.82 Å². The van der Waals surface area contributed by atoms with Gasteiger partial charge in [0.1, 0.15) is 5.69 Å². The predicted octanol–water partition coefficient (Wildman–Crippen LogP) is 3.74. The number of aromatic nitrogens is 4. The molecule has 0 saturated heterocycles. The minimum absolute atomic E-state index is 0.206. The first kappa shape index (κ1) is 16.4. The number of aryl methyl sites for hydroxylation is 1.